The van der Waals surface area contributed by atoms with E-state index in [0.717, 1.165) is 12.1 Å². The Hall–Kier alpha value is -2.23. The third-order valence-electron chi connectivity index (χ3n) is 3.45. The number of fused-ring (bicyclic) bond motifs is 1. The zero-order chi connectivity index (χ0) is 15.9. The molecule has 2 aromatic carbocycles. The predicted octanol–water partition coefficient (Wildman–Crippen LogP) is 3.81. The lowest BCUT2D eigenvalue weighted by molar-refractivity contribution is 0.133. The maximum absolute atomic E-state index is 11.6. The first-order valence-electron chi connectivity index (χ1n) is 7.70. The lowest BCUT2D eigenvalue weighted by Gasteiger charge is -2.12. The molecule has 118 valence electrons. The highest BCUT2D eigenvalue weighted by atomic mass is 16.5. The van der Waals surface area contributed by atoms with Crippen LogP contribution >= 0.6 is 0 Å². The van der Waals surface area contributed by atoms with Crippen LogP contribution in [-0.2, 0) is 11.2 Å². The topological polar surface area (TPSA) is 50.4 Å². The van der Waals surface area contributed by atoms with Gasteiger partial charge in [-0.15, -0.1) is 0 Å². The van der Waals surface area contributed by atoms with E-state index in [9.17, 15) is 4.79 Å². The van der Waals surface area contributed by atoms with Gasteiger partial charge in [-0.05, 0) is 40.8 Å². The quantitative estimate of drug-likeness (QED) is 0.853. The number of hydrogen-bond acceptors (Lipinski definition) is 3. The third-order valence-corrected chi connectivity index (χ3v) is 3.45. The number of anilines is 1. The second-order valence-corrected chi connectivity index (χ2v) is 5.78. The van der Waals surface area contributed by atoms with Crippen LogP contribution in [0.2, 0.25) is 0 Å². The smallest absolute Gasteiger partial charge is 0.407 e. The second kappa shape index (κ2) is 7.69. The number of hydrogen-bond donors (Lipinski definition) is 2. The summed E-state index contributed by atoms with van der Waals surface area (Å²) in [7, 11) is 1.91. The number of carbonyl (C=O) groups is 1. The molecule has 0 bridgehead atoms. The van der Waals surface area contributed by atoms with Crippen molar-refractivity contribution in [1.29, 1.82) is 0 Å². The summed E-state index contributed by atoms with van der Waals surface area (Å²) in [6.45, 7) is 5.04. The van der Waals surface area contributed by atoms with Gasteiger partial charge in [0.1, 0.15) is 0 Å². The van der Waals surface area contributed by atoms with Crippen LogP contribution in [0.3, 0.4) is 0 Å². The molecule has 0 aliphatic heterocycles. The van der Waals surface area contributed by atoms with E-state index in [-0.39, 0.29) is 6.09 Å². The molecule has 4 heteroatoms. The number of benzene rings is 2. The van der Waals surface area contributed by atoms with E-state index < -0.39 is 0 Å². The average molecular weight is 300 g/mol. The van der Waals surface area contributed by atoms with Crippen LogP contribution in [0.1, 0.15) is 19.4 Å². The lowest BCUT2D eigenvalue weighted by atomic mass is 10.0. The van der Waals surface area contributed by atoms with Crippen LogP contribution in [0.5, 0.6) is 0 Å². The standard InChI is InChI=1S/C18H24N2O2/c1-13(2)12-22-18(21)20-9-8-16-10-14-6-4-5-7-15(14)11-17(16)19-3/h4-7,10-11,13,19H,8-9,12H2,1-3H3,(H,20,21). The van der Waals surface area contributed by atoms with Crippen molar-refractivity contribution in [2.75, 3.05) is 25.5 Å². The Balaban J connectivity index is 1.97. The summed E-state index contributed by atoms with van der Waals surface area (Å²) in [5.74, 6) is 0.349. The van der Waals surface area contributed by atoms with Gasteiger partial charge in [0.2, 0.25) is 0 Å². The molecule has 1 amide bonds. The number of nitrogens with one attached hydrogen (secondary N) is 2. The Kier molecular flexibility index (Phi) is 5.64. The van der Waals surface area contributed by atoms with E-state index in [1.807, 2.05) is 33.0 Å². The summed E-state index contributed by atoms with van der Waals surface area (Å²) in [5, 5.41) is 8.43. The average Bonchev–Trinajstić information content (AvgIpc) is 2.52. The van der Waals surface area contributed by atoms with Crippen molar-refractivity contribution < 1.29 is 9.53 Å². The Morgan fingerprint density at radius 2 is 1.86 bits per heavy atom. The normalized spacial score (nSPS) is 10.7. The molecule has 0 spiro atoms. The number of ether oxygens (including phenoxy) is 1. The summed E-state index contributed by atoms with van der Waals surface area (Å²) >= 11 is 0. The maximum atomic E-state index is 11.6. The summed E-state index contributed by atoms with van der Waals surface area (Å²) in [6, 6.07) is 12.6. The number of rotatable bonds is 6. The molecule has 0 unspecified atom stereocenters. The number of amides is 1. The van der Waals surface area contributed by atoms with E-state index in [1.165, 1.54) is 16.3 Å². The van der Waals surface area contributed by atoms with Crippen LogP contribution < -0.4 is 10.6 Å². The molecule has 0 aliphatic rings. The second-order valence-electron chi connectivity index (χ2n) is 5.78. The summed E-state index contributed by atoms with van der Waals surface area (Å²) in [5.41, 5.74) is 2.28. The molecule has 2 N–H and O–H groups in total. The first-order valence-corrected chi connectivity index (χ1v) is 7.70. The zero-order valence-electron chi connectivity index (χ0n) is 13.5. The van der Waals surface area contributed by atoms with Gasteiger partial charge in [-0.3, -0.25) is 0 Å². The van der Waals surface area contributed by atoms with Crippen LogP contribution in [0.25, 0.3) is 10.8 Å². The molecular weight excluding hydrogens is 276 g/mol. The molecule has 0 atom stereocenters. The van der Waals surface area contributed by atoms with E-state index in [4.69, 9.17) is 4.74 Å². The van der Waals surface area contributed by atoms with E-state index in [0.29, 0.717) is 19.1 Å². The predicted molar refractivity (Wildman–Crippen MR) is 91.4 cm³/mol. The van der Waals surface area contributed by atoms with Crippen LogP contribution in [0, 0.1) is 5.92 Å². The van der Waals surface area contributed by atoms with Crippen molar-refractivity contribution in [1.82, 2.24) is 5.32 Å². The Morgan fingerprint density at radius 1 is 1.18 bits per heavy atom. The van der Waals surface area contributed by atoms with E-state index in [1.54, 1.807) is 0 Å². The lowest BCUT2D eigenvalue weighted by Crippen LogP contribution is -2.27. The van der Waals surface area contributed by atoms with Crippen LogP contribution in [0.15, 0.2) is 36.4 Å². The van der Waals surface area contributed by atoms with Gasteiger partial charge in [-0.1, -0.05) is 38.1 Å². The first-order chi connectivity index (χ1) is 10.6. The van der Waals surface area contributed by atoms with Gasteiger partial charge in [0.25, 0.3) is 0 Å². The molecule has 0 heterocycles. The van der Waals surface area contributed by atoms with Gasteiger partial charge in [-0.25, -0.2) is 4.79 Å². The molecule has 2 aromatic rings. The van der Waals surface area contributed by atoms with Crippen molar-refractivity contribution >= 4 is 22.6 Å². The third kappa shape index (κ3) is 4.38. The highest BCUT2D eigenvalue weighted by Gasteiger charge is 2.06. The monoisotopic (exact) mass is 300 g/mol. The fourth-order valence-electron chi connectivity index (χ4n) is 2.32. The number of alkyl carbamates (subject to hydrolysis) is 1. The molecule has 0 saturated heterocycles. The molecular formula is C18H24N2O2. The van der Waals surface area contributed by atoms with E-state index in [2.05, 4.69) is 34.9 Å². The van der Waals surface area contributed by atoms with Gasteiger partial charge in [-0.2, -0.15) is 0 Å². The summed E-state index contributed by atoms with van der Waals surface area (Å²) < 4.78 is 5.10. The Bertz CT molecular complexity index is 638. The van der Waals surface area contributed by atoms with Crippen LogP contribution in [0.4, 0.5) is 10.5 Å². The highest BCUT2D eigenvalue weighted by molar-refractivity contribution is 5.87. The first kappa shape index (κ1) is 16.1. The van der Waals surface area contributed by atoms with Gasteiger partial charge in [0.15, 0.2) is 0 Å². The maximum Gasteiger partial charge on any atom is 0.407 e. The van der Waals surface area contributed by atoms with Gasteiger partial charge >= 0.3 is 6.09 Å². The minimum Gasteiger partial charge on any atom is -0.449 e. The molecule has 4 nitrogen and oxygen atoms in total. The van der Waals surface area contributed by atoms with Crippen molar-refractivity contribution in [3.63, 3.8) is 0 Å². The molecule has 2 rings (SSSR count). The molecule has 0 radical (unpaired) electrons. The van der Waals surface area contributed by atoms with Gasteiger partial charge < -0.3 is 15.4 Å². The SMILES string of the molecule is CNc1cc2ccccc2cc1CCNC(=O)OCC(C)C. The van der Waals surface area contributed by atoms with Crippen LogP contribution in [-0.4, -0.2) is 26.3 Å². The minimum absolute atomic E-state index is 0.347. The summed E-state index contributed by atoms with van der Waals surface area (Å²) in [6.07, 6.45) is 0.415. The molecule has 0 saturated carbocycles. The van der Waals surface area contributed by atoms with E-state index >= 15 is 0 Å². The molecule has 0 aliphatic carbocycles. The van der Waals surface area contributed by atoms with Gasteiger partial charge in [0, 0.05) is 19.3 Å². The zero-order valence-corrected chi connectivity index (χ0v) is 13.5. The van der Waals surface area contributed by atoms with Gasteiger partial charge in [0.05, 0.1) is 6.61 Å². The Labute approximate surface area is 131 Å². The largest absolute Gasteiger partial charge is 0.449 e. The van der Waals surface area contributed by atoms with Crippen molar-refractivity contribution in [2.24, 2.45) is 5.92 Å². The molecule has 0 fully saturated rings. The van der Waals surface area contributed by atoms with Crippen molar-refractivity contribution in [2.45, 2.75) is 20.3 Å². The molecule has 22 heavy (non-hydrogen) atoms. The van der Waals surface area contributed by atoms with Crippen molar-refractivity contribution in [3.05, 3.63) is 42.0 Å². The fraction of sp³-hybridized carbons (Fsp3) is 0.389. The highest BCUT2D eigenvalue weighted by Crippen LogP contribution is 2.24. The van der Waals surface area contributed by atoms with Crippen molar-refractivity contribution in [3.8, 4) is 0 Å². The fourth-order valence-corrected chi connectivity index (χ4v) is 2.32. The molecule has 0 aromatic heterocycles. The Morgan fingerprint density at radius 3 is 2.50 bits per heavy atom. The summed E-state index contributed by atoms with van der Waals surface area (Å²) in [4.78, 5) is 11.6. The number of carbonyl (C=O) groups excluding carboxylic acids is 1. The minimum atomic E-state index is -0.347.